The Hall–Kier alpha value is -2.19. The van der Waals surface area contributed by atoms with E-state index in [0.29, 0.717) is 33.1 Å². The molecule has 9 heteroatoms. The van der Waals surface area contributed by atoms with Gasteiger partial charge in [0, 0.05) is 23.9 Å². The molecule has 0 aliphatic carbocycles. The van der Waals surface area contributed by atoms with Gasteiger partial charge < -0.3 is 19.8 Å². The quantitative estimate of drug-likeness (QED) is 0.600. The van der Waals surface area contributed by atoms with Crippen LogP contribution in [0.5, 0.6) is 11.5 Å². The molecule has 1 aromatic heterocycles. The predicted octanol–water partition coefficient (Wildman–Crippen LogP) is 2.48. The van der Waals surface area contributed by atoms with E-state index >= 15 is 0 Å². The number of methoxy groups -OCH3 is 2. The lowest BCUT2D eigenvalue weighted by Gasteiger charge is -2.13. The second-order valence-electron chi connectivity index (χ2n) is 4.72. The van der Waals surface area contributed by atoms with Gasteiger partial charge in [-0.3, -0.25) is 9.59 Å². The monoisotopic (exact) mass is 369 g/mol. The lowest BCUT2D eigenvalue weighted by Crippen LogP contribution is -2.16. The predicted molar refractivity (Wildman–Crippen MR) is 93.5 cm³/mol. The van der Waals surface area contributed by atoms with Crippen LogP contribution in [0.15, 0.2) is 28.2 Å². The molecular weight excluding hydrogens is 354 g/mol. The van der Waals surface area contributed by atoms with E-state index < -0.39 is 0 Å². The lowest BCUT2D eigenvalue weighted by molar-refractivity contribution is -0.113. The van der Waals surface area contributed by atoms with Gasteiger partial charge in [-0.25, -0.2) is 4.98 Å². The van der Waals surface area contributed by atoms with Crippen LogP contribution >= 0.6 is 23.4 Å². The summed E-state index contributed by atoms with van der Waals surface area (Å²) in [6.45, 7) is 1.71. The van der Waals surface area contributed by atoms with Crippen LogP contribution in [0, 0.1) is 6.92 Å². The number of benzene rings is 1. The molecule has 0 fully saturated rings. The summed E-state index contributed by atoms with van der Waals surface area (Å²) in [6, 6.07) is 4.52. The van der Waals surface area contributed by atoms with Crippen molar-refractivity contribution >= 4 is 35.0 Å². The van der Waals surface area contributed by atoms with Crippen molar-refractivity contribution in [3.05, 3.63) is 39.3 Å². The number of amides is 1. The van der Waals surface area contributed by atoms with Gasteiger partial charge in [-0.1, -0.05) is 23.4 Å². The van der Waals surface area contributed by atoms with E-state index in [0.717, 1.165) is 11.8 Å². The first-order valence-corrected chi connectivity index (χ1v) is 8.21. The molecule has 0 atom stereocenters. The number of aromatic amines is 1. The number of anilines is 1. The SMILES string of the molecule is COc1cc(NC(=O)CSc2nc(C)cc(=O)[nH]2)c(OC)cc1Cl. The highest BCUT2D eigenvalue weighted by atomic mass is 35.5. The third kappa shape index (κ3) is 4.65. The third-order valence-corrected chi connectivity index (χ3v) is 4.10. The molecule has 2 N–H and O–H groups in total. The molecule has 0 unspecified atom stereocenters. The smallest absolute Gasteiger partial charge is 0.251 e. The Morgan fingerprint density at radius 3 is 2.62 bits per heavy atom. The summed E-state index contributed by atoms with van der Waals surface area (Å²) in [4.78, 5) is 30.2. The van der Waals surface area contributed by atoms with E-state index in [1.165, 1.54) is 20.3 Å². The first-order valence-electron chi connectivity index (χ1n) is 6.85. The minimum atomic E-state index is -0.285. The summed E-state index contributed by atoms with van der Waals surface area (Å²) in [7, 11) is 2.96. The molecular formula is C15H16ClN3O4S. The maximum absolute atomic E-state index is 12.1. The average molecular weight is 370 g/mol. The number of hydrogen-bond acceptors (Lipinski definition) is 6. The molecule has 0 spiro atoms. The Morgan fingerprint density at radius 2 is 2.00 bits per heavy atom. The maximum atomic E-state index is 12.1. The summed E-state index contributed by atoms with van der Waals surface area (Å²) in [5, 5.41) is 3.48. The van der Waals surface area contributed by atoms with Gasteiger partial charge in [-0.05, 0) is 6.92 Å². The number of carbonyl (C=O) groups excluding carboxylic acids is 1. The molecule has 2 aromatic rings. The summed E-state index contributed by atoms with van der Waals surface area (Å²) in [5.41, 5.74) is 0.773. The first-order chi connectivity index (χ1) is 11.4. The van der Waals surface area contributed by atoms with Crippen molar-refractivity contribution in [2.24, 2.45) is 0 Å². The number of hydrogen-bond donors (Lipinski definition) is 2. The van der Waals surface area contributed by atoms with Crippen LogP contribution < -0.4 is 20.3 Å². The highest BCUT2D eigenvalue weighted by molar-refractivity contribution is 7.99. The zero-order valence-corrected chi connectivity index (χ0v) is 14.9. The number of rotatable bonds is 6. The molecule has 0 saturated carbocycles. The molecule has 0 bridgehead atoms. The van der Waals surface area contributed by atoms with Crippen LogP contribution in [0.25, 0.3) is 0 Å². The van der Waals surface area contributed by atoms with Crippen molar-refractivity contribution in [1.29, 1.82) is 0 Å². The van der Waals surface area contributed by atoms with Gasteiger partial charge in [0.25, 0.3) is 5.56 Å². The van der Waals surface area contributed by atoms with Crippen molar-refractivity contribution in [3.8, 4) is 11.5 Å². The normalized spacial score (nSPS) is 10.3. The maximum Gasteiger partial charge on any atom is 0.251 e. The van der Waals surface area contributed by atoms with Gasteiger partial charge >= 0.3 is 0 Å². The second kappa shape index (κ2) is 8.07. The summed E-state index contributed by atoms with van der Waals surface area (Å²) in [6.07, 6.45) is 0. The highest BCUT2D eigenvalue weighted by Crippen LogP contribution is 2.35. The fraction of sp³-hybridized carbons (Fsp3) is 0.267. The fourth-order valence-corrected chi connectivity index (χ4v) is 2.85. The van der Waals surface area contributed by atoms with Crippen molar-refractivity contribution in [2.45, 2.75) is 12.1 Å². The van der Waals surface area contributed by atoms with Crippen LogP contribution in [0.2, 0.25) is 5.02 Å². The summed E-state index contributed by atoms with van der Waals surface area (Å²) >= 11 is 7.15. The number of H-pyrrole nitrogens is 1. The lowest BCUT2D eigenvalue weighted by atomic mass is 10.2. The minimum Gasteiger partial charge on any atom is -0.495 e. The fourth-order valence-electron chi connectivity index (χ4n) is 1.90. The van der Waals surface area contributed by atoms with E-state index in [1.807, 2.05) is 0 Å². The van der Waals surface area contributed by atoms with E-state index in [1.54, 1.807) is 19.1 Å². The van der Waals surface area contributed by atoms with Crippen LogP contribution in [-0.2, 0) is 4.79 Å². The van der Waals surface area contributed by atoms with Gasteiger partial charge in [-0.2, -0.15) is 0 Å². The summed E-state index contributed by atoms with van der Waals surface area (Å²) < 4.78 is 10.3. The van der Waals surface area contributed by atoms with Crippen molar-refractivity contribution in [2.75, 3.05) is 25.3 Å². The molecule has 0 aliphatic heterocycles. The molecule has 1 heterocycles. The molecule has 0 saturated heterocycles. The van der Waals surface area contributed by atoms with Crippen molar-refractivity contribution in [1.82, 2.24) is 9.97 Å². The van der Waals surface area contributed by atoms with Crippen LogP contribution in [0.3, 0.4) is 0 Å². The average Bonchev–Trinajstić information content (AvgIpc) is 2.53. The highest BCUT2D eigenvalue weighted by Gasteiger charge is 2.13. The van der Waals surface area contributed by atoms with Crippen LogP contribution in [0.4, 0.5) is 5.69 Å². The van der Waals surface area contributed by atoms with E-state index in [4.69, 9.17) is 21.1 Å². The topological polar surface area (TPSA) is 93.3 Å². The van der Waals surface area contributed by atoms with Crippen LogP contribution in [-0.4, -0.2) is 35.8 Å². The van der Waals surface area contributed by atoms with Gasteiger partial charge in [0.2, 0.25) is 5.91 Å². The van der Waals surface area contributed by atoms with Gasteiger partial charge in [0.05, 0.1) is 30.7 Å². The van der Waals surface area contributed by atoms with E-state index in [9.17, 15) is 9.59 Å². The molecule has 2 rings (SSSR count). The third-order valence-electron chi connectivity index (χ3n) is 2.94. The van der Waals surface area contributed by atoms with Gasteiger partial charge in [-0.15, -0.1) is 0 Å². The zero-order valence-electron chi connectivity index (χ0n) is 13.3. The van der Waals surface area contributed by atoms with Gasteiger partial charge in [0.1, 0.15) is 11.5 Å². The Kier molecular flexibility index (Phi) is 6.10. The molecule has 24 heavy (non-hydrogen) atoms. The van der Waals surface area contributed by atoms with Crippen molar-refractivity contribution in [3.63, 3.8) is 0 Å². The standard InChI is InChI=1S/C15H16ClN3O4S/c1-8-4-13(20)19-15(17-8)24-7-14(21)18-10-6-11(22-2)9(16)5-12(10)23-3/h4-6H,7H2,1-3H3,(H,18,21)(H,17,19,20). The molecule has 7 nitrogen and oxygen atoms in total. The number of nitrogens with zero attached hydrogens (tertiary/aromatic N) is 1. The Bertz CT molecular complexity index is 810. The molecule has 128 valence electrons. The number of halogens is 1. The Labute approximate surface area is 147 Å². The largest absolute Gasteiger partial charge is 0.495 e. The van der Waals surface area contributed by atoms with E-state index in [-0.39, 0.29) is 17.2 Å². The van der Waals surface area contributed by atoms with Gasteiger partial charge in [0.15, 0.2) is 5.16 Å². The molecule has 1 aromatic carbocycles. The summed E-state index contributed by atoms with van der Waals surface area (Å²) in [5.74, 6) is 0.624. The van der Waals surface area contributed by atoms with E-state index in [2.05, 4.69) is 15.3 Å². The number of ether oxygens (including phenoxy) is 2. The van der Waals surface area contributed by atoms with Crippen LogP contribution in [0.1, 0.15) is 5.69 Å². The molecule has 0 radical (unpaired) electrons. The minimum absolute atomic E-state index is 0.0699. The number of aryl methyl sites for hydroxylation is 1. The number of carbonyl (C=O) groups is 1. The molecule has 1 amide bonds. The number of aromatic nitrogens is 2. The zero-order chi connectivity index (χ0) is 17.7. The number of nitrogens with one attached hydrogen (secondary N) is 2. The van der Waals surface area contributed by atoms with Crippen molar-refractivity contribution < 1.29 is 14.3 Å². The first kappa shape index (κ1) is 18.2. The Balaban J connectivity index is 2.08. The molecule has 0 aliphatic rings. The number of thioether (sulfide) groups is 1. The Morgan fingerprint density at radius 1 is 1.29 bits per heavy atom. The second-order valence-corrected chi connectivity index (χ2v) is 6.09.